The van der Waals surface area contributed by atoms with Gasteiger partial charge in [-0.05, 0) is 156 Å². The average molecular weight is 913 g/mol. The van der Waals surface area contributed by atoms with E-state index in [-0.39, 0.29) is 0 Å². The van der Waals surface area contributed by atoms with E-state index in [2.05, 4.69) is 291 Å². The molecule has 13 aromatic rings. The predicted octanol–water partition coefficient (Wildman–Crippen LogP) is 19.9. The lowest BCUT2D eigenvalue weighted by atomic mass is 9.83. The Kier molecular flexibility index (Phi) is 11.0. The minimum atomic E-state index is 1.14. The summed E-state index contributed by atoms with van der Waals surface area (Å²) in [6, 6.07) is 104. The van der Waals surface area contributed by atoms with Crippen LogP contribution in [-0.2, 0) is 0 Å². The van der Waals surface area contributed by atoms with E-state index in [1.807, 2.05) is 0 Å². The lowest BCUT2D eigenvalue weighted by molar-refractivity contribution is 1.54. The Hall–Kier alpha value is -9.36. The van der Waals surface area contributed by atoms with Crippen molar-refractivity contribution in [2.45, 2.75) is 0 Å². The molecule has 0 saturated carbocycles. The van der Waals surface area contributed by atoms with E-state index in [1.165, 1.54) is 127 Å². The largest absolute Gasteiger partial charge is 0.0622 e. The number of rotatable bonds is 9. The van der Waals surface area contributed by atoms with Crippen LogP contribution in [0.5, 0.6) is 0 Å². The van der Waals surface area contributed by atoms with Crippen LogP contribution in [-0.4, -0.2) is 0 Å². The summed E-state index contributed by atoms with van der Waals surface area (Å²) in [6.45, 7) is 0. The summed E-state index contributed by atoms with van der Waals surface area (Å²) in [4.78, 5) is 0. The summed E-state index contributed by atoms with van der Waals surface area (Å²) >= 11 is 0. The molecule has 0 heterocycles. The van der Waals surface area contributed by atoms with E-state index in [0.717, 1.165) is 5.56 Å². The highest BCUT2D eigenvalue weighted by Gasteiger charge is 2.19. The monoisotopic (exact) mass is 912 g/mol. The summed E-state index contributed by atoms with van der Waals surface area (Å²) in [5.41, 5.74) is 19.3. The molecule has 0 aliphatic carbocycles. The molecule has 0 nitrogen and oxygen atoms in total. The van der Waals surface area contributed by atoms with Crippen molar-refractivity contribution in [1.29, 1.82) is 0 Å². The first-order valence-electron chi connectivity index (χ1n) is 24.9. The molecule has 13 aromatic carbocycles. The lowest BCUT2D eigenvalue weighted by Crippen LogP contribution is -1.93. The minimum absolute atomic E-state index is 1.14. The van der Waals surface area contributed by atoms with Gasteiger partial charge >= 0.3 is 0 Å². The van der Waals surface area contributed by atoms with E-state index in [9.17, 15) is 0 Å². The minimum Gasteiger partial charge on any atom is -0.0622 e. The van der Waals surface area contributed by atoms with E-state index in [1.54, 1.807) is 0 Å². The summed E-state index contributed by atoms with van der Waals surface area (Å²) in [6.07, 6.45) is 2.36. The molecule has 0 saturated heterocycles. The van der Waals surface area contributed by atoms with Crippen molar-refractivity contribution in [1.82, 2.24) is 0 Å². The molecule has 13 rings (SSSR count). The standard InChI is InChI=1S/C72H48/c1-2-19-51(20-3-1)62-33-8-9-34-65(62)72-68-37-12-10-35-66(68)71(67-36-11-13-38-69(67)72)59-30-14-25-54(46-59)50-43-41-49(42-44-50)45-70(57-28-15-26-55(47-57)63-39-17-23-52-21-4-6-31-60(52)63)58-29-16-27-56(48-58)64-40-18-24-53-22-5-7-32-61(53)64/h1-48H. The van der Waals surface area contributed by atoms with Crippen LogP contribution in [0.2, 0.25) is 0 Å². The van der Waals surface area contributed by atoms with Crippen LogP contribution in [0.4, 0.5) is 0 Å². The van der Waals surface area contributed by atoms with Crippen LogP contribution in [0.3, 0.4) is 0 Å². The first-order valence-corrected chi connectivity index (χ1v) is 24.9. The highest BCUT2D eigenvalue weighted by atomic mass is 14.2. The number of hydrogen-bond acceptors (Lipinski definition) is 0. The van der Waals surface area contributed by atoms with Crippen molar-refractivity contribution in [2.75, 3.05) is 0 Å². The summed E-state index contributed by atoms with van der Waals surface area (Å²) in [5.74, 6) is 0. The Balaban J connectivity index is 0.912. The Labute approximate surface area is 421 Å². The fourth-order valence-electron chi connectivity index (χ4n) is 11.1. The van der Waals surface area contributed by atoms with Gasteiger partial charge in [-0.3, -0.25) is 0 Å². The van der Waals surface area contributed by atoms with Gasteiger partial charge in [0.15, 0.2) is 0 Å². The maximum atomic E-state index is 2.37. The van der Waals surface area contributed by atoms with Crippen molar-refractivity contribution in [3.8, 4) is 66.8 Å². The molecule has 0 unspecified atom stereocenters. The van der Waals surface area contributed by atoms with E-state index < -0.39 is 0 Å². The molecule has 0 radical (unpaired) electrons. The molecule has 0 amide bonds. The third-order valence-corrected chi connectivity index (χ3v) is 14.5. The maximum Gasteiger partial charge on any atom is -0.00201 e. The lowest BCUT2D eigenvalue weighted by Gasteiger charge is -2.20. The van der Waals surface area contributed by atoms with Crippen molar-refractivity contribution >= 4 is 54.7 Å². The Morgan fingerprint density at radius 2 is 0.625 bits per heavy atom. The van der Waals surface area contributed by atoms with Gasteiger partial charge in [0.1, 0.15) is 0 Å². The third-order valence-electron chi connectivity index (χ3n) is 14.5. The highest BCUT2D eigenvalue weighted by Crippen LogP contribution is 2.47. The van der Waals surface area contributed by atoms with Crippen LogP contribution >= 0.6 is 0 Å². The Morgan fingerprint density at radius 1 is 0.222 bits per heavy atom. The second-order valence-corrected chi connectivity index (χ2v) is 18.7. The van der Waals surface area contributed by atoms with E-state index in [4.69, 9.17) is 0 Å². The second-order valence-electron chi connectivity index (χ2n) is 18.7. The van der Waals surface area contributed by atoms with Crippen molar-refractivity contribution in [2.24, 2.45) is 0 Å². The molecule has 0 atom stereocenters. The van der Waals surface area contributed by atoms with Gasteiger partial charge in [0.2, 0.25) is 0 Å². The molecule has 0 heteroatoms. The fraction of sp³-hybridized carbons (Fsp3) is 0. The molecular formula is C72H48. The van der Waals surface area contributed by atoms with Crippen molar-refractivity contribution in [3.05, 3.63) is 302 Å². The van der Waals surface area contributed by atoms with Crippen LogP contribution < -0.4 is 0 Å². The maximum absolute atomic E-state index is 2.37. The average Bonchev–Trinajstić information content (AvgIpc) is 3.46. The molecule has 0 fully saturated rings. The Morgan fingerprint density at radius 3 is 1.21 bits per heavy atom. The topological polar surface area (TPSA) is 0 Å². The van der Waals surface area contributed by atoms with Gasteiger partial charge in [-0.15, -0.1) is 0 Å². The van der Waals surface area contributed by atoms with Gasteiger partial charge < -0.3 is 0 Å². The molecule has 336 valence electrons. The van der Waals surface area contributed by atoms with Crippen LogP contribution in [0.1, 0.15) is 16.7 Å². The molecule has 0 bridgehead atoms. The number of hydrogen-bond donors (Lipinski definition) is 0. The molecule has 0 aromatic heterocycles. The second kappa shape index (κ2) is 18.5. The summed E-state index contributed by atoms with van der Waals surface area (Å²) < 4.78 is 0. The van der Waals surface area contributed by atoms with E-state index >= 15 is 0 Å². The SMILES string of the molecule is C(=C(c1cccc(-c2cccc3ccccc23)c1)c1cccc(-c2cccc3ccccc23)c1)c1ccc(-c2cccc(-c3c4ccccc4c(-c4ccccc4-c4ccccc4)c4ccccc34)c2)cc1. The highest BCUT2D eigenvalue weighted by molar-refractivity contribution is 6.22. The molecule has 0 N–H and O–H groups in total. The quantitative estimate of drug-likeness (QED) is 0.1000. The van der Waals surface area contributed by atoms with Crippen LogP contribution in [0, 0.1) is 0 Å². The van der Waals surface area contributed by atoms with Gasteiger partial charge in [0.05, 0.1) is 0 Å². The smallest absolute Gasteiger partial charge is 0.00201 e. The van der Waals surface area contributed by atoms with Crippen molar-refractivity contribution < 1.29 is 0 Å². The van der Waals surface area contributed by atoms with Gasteiger partial charge in [-0.2, -0.15) is 0 Å². The number of benzene rings is 13. The van der Waals surface area contributed by atoms with Crippen LogP contribution in [0.15, 0.2) is 285 Å². The van der Waals surface area contributed by atoms with Gasteiger partial charge in [-0.1, -0.05) is 267 Å². The molecule has 72 heavy (non-hydrogen) atoms. The molecule has 0 aliphatic rings. The van der Waals surface area contributed by atoms with Crippen molar-refractivity contribution in [3.63, 3.8) is 0 Å². The van der Waals surface area contributed by atoms with Gasteiger partial charge in [0, 0.05) is 0 Å². The molecular weight excluding hydrogens is 865 g/mol. The predicted molar refractivity (Wildman–Crippen MR) is 309 cm³/mol. The molecule has 0 spiro atoms. The number of fused-ring (bicyclic) bond motifs is 4. The summed E-state index contributed by atoms with van der Waals surface area (Å²) in [7, 11) is 0. The fourth-order valence-corrected chi connectivity index (χ4v) is 11.1. The zero-order valence-corrected chi connectivity index (χ0v) is 39.7. The first-order chi connectivity index (χ1) is 35.7. The third kappa shape index (κ3) is 7.86. The summed E-state index contributed by atoms with van der Waals surface area (Å²) in [5, 5.41) is 9.97. The normalized spacial score (nSPS) is 11.3. The first kappa shape index (κ1) is 42.7. The van der Waals surface area contributed by atoms with Gasteiger partial charge in [-0.25, -0.2) is 0 Å². The Bertz CT molecular complexity index is 4000. The van der Waals surface area contributed by atoms with E-state index in [0.29, 0.717) is 0 Å². The van der Waals surface area contributed by atoms with Crippen LogP contribution in [0.25, 0.3) is 122 Å². The molecule has 0 aliphatic heterocycles. The zero-order chi connectivity index (χ0) is 47.8. The zero-order valence-electron chi connectivity index (χ0n) is 39.7. The van der Waals surface area contributed by atoms with Gasteiger partial charge in [0.25, 0.3) is 0 Å².